The average Bonchev–Trinajstić information content (AvgIpc) is 2.79. The van der Waals surface area contributed by atoms with Crippen molar-refractivity contribution in [3.8, 4) is 0 Å². The first-order valence-corrected chi connectivity index (χ1v) is 12.1. The monoisotopic (exact) mass is 521 g/mol. The Morgan fingerprint density at radius 3 is 1.91 bits per heavy atom. The molecule has 3 amide bonds. The highest BCUT2D eigenvalue weighted by molar-refractivity contribution is 7.98. The Bertz CT molecular complexity index is 763. The molecule has 0 aliphatic heterocycles. The third-order valence-corrected chi connectivity index (χ3v) is 5.26. The number of rotatable bonds is 18. The topological polar surface area (TPSA) is 273 Å². The average molecular weight is 522 g/mol. The minimum absolute atomic E-state index is 0.0129. The Hall–Kier alpha value is -3.11. The van der Waals surface area contributed by atoms with Crippen LogP contribution in [-0.2, 0) is 24.0 Å². The molecule has 0 aliphatic carbocycles. The number of carbonyl (C=O) groups is 5. The van der Waals surface area contributed by atoms with E-state index in [-0.39, 0.29) is 38.2 Å². The SMILES string of the molecule is CSCCC(NC(=O)C(CCCN=C(N)N)NC(=O)C(CCC(=O)O)NC(=O)C(N)CO)C(=O)O. The molecule has 0 bridgehead atoms. The summed E-state index contributed by atoms with van der Waals surface area (Å²) in [7, 11) is 0. The van der Waals surface area contributed by atoms with Gasteiger partial charge in [-0.05, 0) is 37.7 Å². The number of hydrogen-bond acceptors (Lipinski definition) is 9. The molecule has 200 valence electrons. The number of nitrogens with zero attached hydrogens (tertiary/aromatic N) is 1. The lowest BCUT2D eigenvalue weighted by atomic mass is 10.1. The number of aliphatic hydroxyl groups is 1. The predicted molar refractivity (Wildman–Crippen MR) is 128 cm³/mol. The van der Waals surface area contributed by atoms with E-state index in [1.165, 1.54) is 11.8 Å². The Morgan fingerprint density at radius 1 is 0.886 bits per heavy atom. The molecule has 0 saturated carbocycles. The van der Waals surface area contributed by atoms with Crippen LogP contribution < -0.4 is 33.2 Å². The fraction of sp³-hybridized carbons (Fsp3) is 0.684. The summed E-state index contributed by atoms with van der Waals surface area (Å²) < 4.78 is 0. The van der Waals surface area contributed by atoms with Crippen LogP contribution in [0.1, 0.15) is 32.1 Å². The van der Waals surface area contributed by atoms with E-state index in [2.05, 4.69) is 20.9 Å². The maximum absolute atomic E-state index is 12.9. The highest BCUT2D eigenvalue weighted by Gasteiger charge is 2.30. The van der Waals surface area contributed by atoms with E-state index in [9.17, 15) is 29.1 Å². The van der Waals surface area contributed by atoms with E-state index in [1.807, 2.05) is 0 Å². The number of nitrogens with two attached hydrogens (primary N) is 3. The van der Waals surface area contributed by atoms with Crippen LogP contribution in [0.5, 0.6) is 0 Å². The Morgan fingerprint density at radius 2 is 1.43 bits per heavy atom. The second kappa shape index (κ2) is 17.3. The summed E-state index contributed by atoms with van der Waals surface area (Å²) in [6, 6.07) is -5.15. The summed E-state index contributed by atoms with van der Waals surface area (Å²) in [6.45, 7) is -0.580. The molecule has 0 spiro atoms. The molecule has 0 radical (unpaired) electrons. The zero-order valence-corrected chi connectivity index (χ0v) is 20.3. The van der Waals surface area contributed by atoms with Gasteiger partial charge in [-0.3, -0.25) is 24.2 Å². The fourth-order valence-corrected chi connectivity index (χ4v) is 3.18. The molecule has 0 aliphatic rings. The molecule has 0 saturated heterocycles. The summed E-state index contributed by atoms with van der Waals surface area (Å²) >= 11 is 1.40. The van der Waals surface area contributed by atoms with Gasteiger partial charge in [0.2, 0.25) is 17.7 Å². The smallest absolute Gasteiger partial charge is 0.326 e. The van der Waals surface area contributed by atoms with E-state index >= 15 is 0 Å². The van der Waals surface area contributed by atoms with Gasteiger partial charge in [-0.25, -0.2) is 4.79 Å². The van der Waals surface area contributed by atoms with Crippen molar-refractivity contribution in [2.75, 3.05) is 25.2 Å². The summed E-state index contributed by atoms with van der Waals surface area (Å²) in [5.74, 6) is -4.75. The maximum Gasteiger partial charge on any atom is 0.326 e. The van der Waals surface area contributed by atoms with Crippen molar-refractivity contribution < 1.29 is 39.3 Å². The molecule has 0 aromatic carbocycles. The van der Waals surface area contributed by atoms with E-state index < -0.39 is 66.9 Å². The van der Waals surface area contributed by atoms with Crippen molar-refractivity contribution in [2.24, 2.45) is 22.2 Å². The van der Waals surface area contributed by atoms with Crippen LogP contribution in [0.3, 0.4) is 0 Å². The molecule has 4 unspecified atom stereocenters. The van der Waals surface area contributed by atoms with Crippen LogP contribution in [0.15, 0.2) is 4.99 Å². The first kappa shape index (κ1) is 31.9. The highest BCUT2D eigenvalue weighted by Crippen LogP contribution is 2.06. The number of amides is 3. The number of thioether (sulfide) groups is 1. The van der Waals surface area contributed by atoms with Crippen LogP contribution in [0.2, 0.25) is 0 Å². The third-order valence-electron chi connectivity index (χ3n) is 4.62. The van der Waals surface area contributed by atoms with Crippen molar-refractivity contribution in [1.82, 2.24) is 16.0 Å². The van der Waals surface area contributed by atoms with Gasteiger partial charge in [0.25, 0.3) is 0 Å². The van der Waals surface area contributed by atoms with Crippen molar-refractivity contribution >= 4 is 47.4 Å². The van der Waals surface area contributed by atoms with Crippen LogP contribution >= 0.6 is 11.8 Å². The van der Waals surface area contributed by atoms with Gasteiger partial charge in [0.05, 0.1) is 6.61 Å². The summed E-state index contributed by atoms with van der Waals surface area (Å²) in [5.41, 5.74) is 16.0. The number of nitrogens with one attached hydrogen (secondary N) is 3. The zero-order chi connectivity index (χ0) is 27.0. The predicted octanol–water partition coefficient (Wildman–Crippen LogP) is -3.48. The van der Waals surface area contributed by atoms with Gasteiger partial charge in [-0.15, -0.1) is 0 Å². The maximum atomic E-state index is 12.9. The fourth-order valence-electron chi connectivity index (χ4n) is 2.71. The van der Waals surface area contributed by atoms with Gasteiger partial charge < -0.3 is 48.5 Å². The molecule has 15 nitrogen and oxygen atoms in total. The van der Waals surface area contributed by atoms with Gasteiger partial charge in [0.1, 0.15) is 24.2 Å². The second-order valence-electron chi connectivity index (χ2n) is 7.47. The van der Waals surface area contributed by atoms with Crippen LogP contribution in [-0.4, -0.2) is 100 Å². The number of carbonyl (C=O) groups excluding carboxylic acids is 3. The minimum Gasteiger partial charge on any atom is -0.481 e. The number of hydrogen-bond donors (Lipinski definition) is 9. The van der Waals surface area contributed by atoms with Crippen LogP contribution in [0, 0.1) is 0 Å². The third kappa shape index (κ3) is 14.0. The normalized spacial score (nSPS) is 14.0. The highest BCUT2D eigenvalue weighted by atomic mass is 32.2. The van der Waals surface area contributed by atoms with E-state index in [0.717, 1.165) is 0 Å². The minimum atomic E-state index is -1.38. The number of carboxylic acid groups (broad SMARTS) is 2. The lowest BCUT2D eigenvalue weighted by molar-refractivity contribution is -0.142. The molecule has 0 heterocycles. The number of aliphatic hydroxyl groups excluding tert-OH is 1. The molecule has 0 aromatic rings. The van der Waals surface area contributed by atoms with Gasteiger partial charge in [-0.2, -0.15) is 11.8 Å². The van der Waals surface area contributed by atoms with Crippen molar-refractivity contribution in [3.05, 3.63) is 0 Å². The van der Waals surface area contributed by atoms with E-state index in [1.54, 1.807) is 6.26 Å². The molecular weight excluding hydrogens is 486 g/mol. The van der Waals surface area contributed by atoms with Crippen molar-refractivity contribution in [2.45, 2.75) is 56.3 Å². The van der Waals surface area contributed by atoms with Crippen LogP contribution in [0.4, 0.5) is 0 Å². The number of aliphatic imine (C=N–C) groups is 1. The van der Waals surface area contributed by atoms with E-state index in [0.29, 0.717) is 5.75 Å². The largest absolute Gasteiger partial charge is 0.481 e. The number of guanidine groups is 1. The quantitative estimate of drug-likeness (QED) is 0.0483. The summed E-state index contributed by atoms with van der Waals surface area (Å²) in [5, 5.41) is 34.4. The van der Waals surface area contributed by atoms with Crippen LogP contribution in [0.25, 0.3) is 0 Å². The molecule has 12 N–H and O–H groups in total. The lowest BCUT2D eigenvalue weighted by Gasteiger charge is -2.25. The lowest BCUT2D eigenvalue weighted by Crippen LogP contribution is -2.57. The zero-order valence-electron chi connectivity index (χ0n) is 19.4. The Labute approximate surface area is 206 Å². The van der Waals surface area contributed by atoms with Gasteiger partial charge in [0.15, 0.2) is 5.96 Å². The van der Waals surface area contributed by atoms with Crippen molar-refractivity contribution in [3.63, 3.8) is 0 Å². The second-order valence-corrected chi connectivity index (χ2v) is 8.46. The molecule has 0 rings (SSSR count). The van der Waals surface area contributed by atoms with Gasteiger partial charge in [-0.1, -0.05) is 0 Å². The molecule has 0 aromatic heterocycles. The standard InChI is InChI=1S/C19H35N7O8S/c1-35-8-6-13(18(33)34)26-16(31)11(3-2-7-23-19(21)22)25-17(32)12(4-5-14(28)29)24-15(30)10(20)9-27/h10-13,27H,2-9,20H2,1H3,(H,24,30)(H,25,32)(H,26,31)(H,28,29)(H,33,34)(H4,21,22,23). The molecule has 4 atom stereocenters. The molecule has 35 heavy (non-hydrogen) atoms. The first-order valence-electron chi connectivity index (χ1n) is 10.7. The Kier molecular flexibility index (Phi) is 15.8. The summed E-state index contributed by atoms with van der Waals surface area (Å²) in [4.78, 5) is 64.0. The number of aliphatic carboxylic acids is 2. The number of carboxylic acids is 2. The molecule has 0 fully saturated rings. The first-order chi connectivity index (χ1) is 16.4. The molecule has 16 heteroatoms. The summed E-state index contributed by atoms with van der Waals surface area (Å²) in [6.07, 6.45) is 1.37. The van der Waals surface area contributed by atoms with Gasteiger partial charge in [0, 0.05) is 13.0 Å². The molecular formula is C19H35N7O8S. The van der Waals surface area contributed by atoms with E-state index in [4.69, 9.17) is 27.4 Å². The Balaban J connectivity index is 5.60. The van der Waals surface area contributed by atoms with Gasteiger partial charge >= 0.3 is 11.9 Å². The van der Waals surface area contributed by atoms with Crippen molar-refractivity contribution in [1.29, 1.82) is 0 Å².